The molecule has 0 unspecified atom stereocenters. The molecule has 39 heavy (non-hydrogen) atoms. The summed E-state index contributed by atoms with van der Waals surface area (Å²) in [5, 5.41) is 25.7. The maximum Gasteiger partial charge on any atom is 0.414 e. The molecule has 1 fully saturated rings. The van der Waals surface area contributed by atoms with Crippen molar-refractivity contribution in [3.05, 3.63) is 66.7 Å². The van der Waals surface area contributed by atoms with Gasteiger partial charge in [-0.15, -0.1) is 11.3 Å². The van der Waals surface area contributed by atoms with Crippen LogP contribution in [0.2, 0.25) is 0 Å². The van der Waals surface area contributed by atoms with Crippen molar-refractivity contribution in [2.75, 3.05) is 33.4 Å². The number of fused-ring (bicyclic) bond motifs is 1. The normalized spacial score (nSPS) is 12.9. The van der Waals surface area contributed by atoms with E-state index in [2.05, 4.69) is 4.90 Å². The first-order valence-corrected chi connectivity index (χ1v) is 13.1. The highest BCUT2D eigenvalue weighted by molar-refractivity contribution is 7.22. The van der Waals surface area contributed by atoms with Gasteiger partial charge in [-0.1, -0.05) is 12.1 Å². The molecule has 3 N–H and O–H groups in total. The number of nitrogens with zero attached hydrogens (tertiary/aromatic N) is 1. The Morgan fingerprint density at radius 3 is 2.26 bits per heavy atom. The molecule has 0 amide bonds. The standard InChI is InChI=1S/C27H27NO4S.C2H2O4/c1-30-23-6-4-5-19(17-23)27-26(24-12-7-20(29)18-25(24)33-27)32-22-10-8-21(9-11-22)31-16-15-28-13-2-3-14-28;3-1(4)2(5)6/h4-12,17-18,29H,2-3,13-16H2,1H3;(H,3,4)(H,5,6). The quantitative estimate of drug-likeness (QED) is 0.236. The summed E-state index contributed by atoms with van der Waals surface area (Å²) in [6.45, 7) is 4.02. The number of rotatable bonds is 8. The Balaban J connectivity index is 0.000000531. The van der Waals surface area contributed by atoms with Crippen molar-refractivity contribution in [1.29, 1.82) is 0 Å². The number of hydrogen-bond acceptors (Lipinski definition) is 8. The smallest absolute Gasteiger partial charge is 0.414 e. The number of aromatic hydroxyl groups is 1. The largest absolute Gasteiger partial charge is 0.508 e. The van der Waals surface area contributed by atoms with Crippen molar-refractivity contribution in [1.82, 2.24) is 4.90 Å². The summed E-state index contributed by atoms with van der Waals surface area (Å²) in [6.07, 6.45) is 2.58. The van der Waals surface area contributed by atoms with E-state index in [0.29, 0.717) is 6.61 Å². The van der Waals surface area contributed by atoms with Crippen LogP contribution in [-0.2, 0) is 9.59 Å². The number of phenolic OH excluding ortho intramolecular Hbond substituents is 1. The number of carboxylic acids is 2. The fourth-order valence-electron chi connectivity index (χ4n) is 4.14. The van der Waals surface area contributed by atoms with Gasteiger partial charge in [0, 0.05) is 16.6 Å². The molecule has 1 saturated heterocycles. The molecule has 5 rings (SSSR count). The average molecular weight is 552 g/mol. The van der Waals surface area contributed by atoms with Gasteiger partial charge in [-0.3, -0.25) is 4.90 Å². The lowest BCUT2D eigenvalue weighted by Crippen LogP contribution is -2.25. The van der Waals surface area contributed by atoms with Gasteiger partial charge in [0.2, 0.25) is 0 Å². The number of aliphatic carboxylic acids is 2. The van der Waals surface area contributed by atoms with E-state index in [0.717, 1.165) is 50.1 Å². The Labute approximate surface area is 229 Å². The molecule has 3 aromatic carbocycles. The average Bonchev–Trinajstić information content (AvgIpc) is 3.58. The molecule has 0 spiro atoms. The molecule has 9 nitrogen and oxygen atoms in total. The number of thiophene rings is 1. The molecule has 204 valence electrons. The van der Waals surface area contributed by atoms with Gasteiger partial charge in [0.15, 0.2) is 5.75 Å². The van der Waals surface area contributed by atoms with Crippen LogP contribution in [0.3, 0.4) is 0 Å². The van der Waals surface area contributed by atoms with Crippen LogP contribution >= 0.6 is 11.3 Å². The third-order valence-electron chi connectivity index (χ3n) is 6.06. The first-order valence-electron chi connectivity index (χ1n) is 12.3. The predicted octanol–water partition coefficient (Wildman–Crippen LogP) is 5.71. The van der Waals surface area contributed by atoms with Crippen LogP contribution in [-0.4, -0.2) is 65.5 Å². The number of benzene rings is 3. The van der Waals surface area contributed by atoms with Crippen LogP contribution in [0.1, 0.15) is 12.8 Å². The molecule has 1 aromatic heterocycles. The fourth-order valence-corrected chi connectivity index (χ4v) is 5.30. The summed E-state index contributed by atoms with van der Waals surface area (Å²) >= 11 is 1.59. The molecule has 0 saturated carbocycles. The Morgan fingerprint density at radius 1 is 0.897 bits per heavy atom. The van der Waals surface area contributed by atoms with Crippen molar-refractivity contribution >= 4 is 33.4 Å². The van der Waals surface area contributed by atoms with E-state index in [1.807, 2.05) is 54.6 Å². The summed E-state index contributed by atoms with van der Waals surface area (Å²) in [7, 11) is 1.66. The molecule has 4 aromatic rings. The number of carboxylic acid groups (broad SMARTS) is 2. The molecule has 2 heterocycles. The van der Waals surface area contributed by atoms with Gasteiger partial charge < -0.3 is 29.5 Å². The van der Waals surface area contributed by atoms with Gasteiger partial charge in [-0.2, -0.15) is 0 Å². The first-order chi connectivity index (χ1) is 18.8. The highest BCUT2D eigenvalue weighted by Crippen LogP contribution is 2.47. The minimum Gasteiger partial charge on any atom is -0.508 e. The third kappa shape index (κ3) is 7.40. The molecule has 0 aliphatic carbocycles. The summed E-state index contributed by atoms with van der Waals surface area (Å²) < 4.78 is 18.7. The van der Waals surface area contributed by atoms with Gasteiger partial charge in [0.05, 0.1) is 12.0 Å². The zero-order valence-corrected chi connectivity index (χ0v) is 22.1. The van der Waals surface area contributed by atoms with E-state index in [1.54, 1.807) is 30.6 Å². The minimum atomic E-state index is -1.82. The first kappa shape index (κ1) is 27.7. The lowest BCUT2D eigenvalue weighted by Gasteiger charge is -2.15. The Hall–Kier alpha value is -4.28. The monoisotopic (exact) mass is 551 g/mol. The predicted molar refractivity (Wildman–Crippen MR) is 148 cm³/mol. The Bertz CT molecular complexity index is 1420. The second kappa shape index (κ2) is 13.0. The zero-order chi connectivity index (χ0) is 27.8. The van der Waals surface area contributed by atoms with Crippen LogP contribution < -0.4 is 14.2 Å². The van der Waals surface area contributed by atoms with Crippen molar-refractivity contribution < 1.29 is 39.1 Å². The Morgan fingerprint density at radius 2 is 1.59 bits per heavy atom. The maximum atomic E-state index is 9.97. The highest BCUT2D eigenvalue weighted by atomic mass is 32.1. The third-order valence-corrected chi connectivity index (χ3v) is 7.24. The van der Waals surface area contributed by atoms with E-state index in [-0.39, 0.29) is 5.75 Å². The molecule has 0 atom stereocenters. The molecular formula is C29H29NO8S. The fraction of sp³-hybridized carbons (Fsp3) is 0.241. The number of hydrogen-bond donors (Lipinski definition) is 3. The van der Waals surface area contributed by atoms with Crippen LogP contribution in [0.25, 0.3) is 20.5 Å². The van der Waals surface area contributed by atoms with E-state index in [1.165, 1.54) is 25.9 Å². The van der Waals surface area contributed by atoms with Gasteiger partial charge in [-0.25, -0.2) is 9.59 Å². The summed E-state index contributed by atoms with van der Waals surface area (Å²) in [4.78, 5) is 21.6. The van der Waals surface area contributed by atoms with E-state index < -0.39 is 11.9 Å². The van der Waals surface area contributed by atoms with Crippen molar-refractivity contribution in [2.24, 2.45) is 0 Å². The van der Waals surface area contributed by atoms with Crippen LogP contribution in [0, 0.1) is 0 Å². The van der Waals surface area contributed by atoms with E-state index >= 15 is 0 Å². The summed E-state index contributed by atoms with van der Waals surface area (Å²) in [5.74, 6) is -0.276. The van der Waals surface area contributed by atoms with Gasteiger partial charge in [0.1, 0.15) is 29.6 Å². The second-order valence-corrected chi connectivity index (χ2v) is 9.81. The van der Waals surface area contributed by atoms with Gasteiger partial charge in [-0.05, 0) is 86.1 Å². The van der Waals surface area contributed by atoms with Crippen molar-refractivity contribution in [3.63, 3.8) is 0 Å². The van der Waals surface area contributed by atoms with E-state index in [4.69, 9.17) is 34.0 Å². The number of likely N-dealkylation sites (tertiary alicyclic amines) is 1. The summed E-state index contributed by atoms with van der Waals surface area (Å²) in [6, 6.07) is 21.1. The molecule has 10 heteroatoms. The minimum absolute atomic E-state index is 0.239. The van der Waals surface area contributed by atoms with Crippen LogP contribution in [0.5, 0.6) is 28.7 Å². The second-order valence-electron chi connectivity index (χ2n) is 8.75. The number of ether oxygens (including phenoxy) is 3. The maximum absolute atomic E-state index is 9.97. The van der Waals surface area contributed by atoms with Gasteiger partial charge in [0.25, 0.3) is 0 Å². The van der Waals surface area contributed by atoms with Crippen LogP contribution in [0.15, 0.2) is 66.7 Å². The van der Waals surface area contributed by atoms with Gasteiger partial charge >= 0.3 is 11.9 Å². The molecule has 1 aliphatic rings. The number of carbonyl (C=O) groups is 2. The molecule has 1 aliphatic heterocycles. The molecule has 0 bridgehead atoms. The lowest BCUT2D eigenvalue weighted by molar-refractivity contribution is -0.159. The van der Waals surface area contributed by atoms with Crippen molar-refractivity contribution in [3.8, 4) is 39.2 Å². The lowest BCUT2D eigenvalue weighted by atomic mass is 10.1. The topological polar surface area (TPSA) is 126 Å². The molecule has 0 radical (unpaired) electrons. The molecular weight excluding hydrogens is 522 g/mol. The zero-order valence-electron chi connectivity index (χ0n) is 21.3. The number of phenols is 1. The Kier molecular flexibility index (Phi) is 9.24. The highest BCUT2D eigenvalue weighted by Gasteiger charge is 2.18. The van der Waals surface area contributed by atoms with Crippen molar-refractivity contribution in [2.45, 2.75) is 12.8 Å². The SMILES string of the molecule is COc1cccc(-c2sc3cc(O)ccc3c2Oc2ccc(OCCN3CCCC3)cc2)c1.O=C(O)C(=O)O. The van der Waals surface area contributed by atoms with E-state index in [9.17, 15) is 5.11 Å². The van der Waals surface area contributed by atoms with Crippen LogP contribution in [0.4, 0.5) is 0 Å². The number of methoxy groups -OCH3 is 1. The summed E-state index contributed by atoms with van der Waals surface area (Å²) in [5.41, 5.74) is 1.01.